The molecule has 0 spiro atoms. The molecule has 3 nitrogen and oxygen atoms in total. The molecule has 22 heavy (non-hydrogen) atoms. The third-order valence-corrected chi connectivity index (χ3v) is 6.34. The van der Waals surface area contributed by atoms with Crippen LogP contribution in [0.5, 0.6) is 0 Å². The van der Waals surface area contributed by atoms with Crippen molar-refractivity contribution < 1.29 is 4.79 Å². The second-order valence-corrected chi connectivity index (χ2v) is 7.67. The van der Waals surface area contributed by atoms with E-state index >= 15 is 0 Å². The number of fused-ring (bicyclic) bond motifs is 3. The van der Waals surface area contributed by atoms with Gasteiger partial charge in [-0.1, -0.05) is 23.2 Å². The van der Waals surface area contributed by atoms with Crippen molar-refractivity contribution in [3.63, 3.8) is 0 Å². The maximum Gasteiger partial charge on any atom is 0.320 e. The maximum atomic E-state index is 13.0. The summed E-state index contributed by atoms with van der Waals surface area (Å²) in [5.74, 6) is 0.731. The first kappa shape index (κ1) is 14.6. The van der Waals surface area contributed by atoms with Crippen molar-refractivity contribution in [2.75, 3.05) is 13.1 Å². The molecule has 2 heterocycles. The van der Waals surface area contributed by atoms with Crippen molar-refractivity contribution in [1.29, 1.82) is 0 Å². The van der Waals surface area contributed by atoms with E-state index in [0.29, 0.717) is 16.1 Å². The van der Waals surface area contributed by atoms with Crippen LogP contribution < -0.4 is 0 Å². The van der Waals surface area contributed by atoms with Gasteiger partial charge in [0, 0.05) is 19.1 Å². The molecule has 5 heteroatoms. The SMILES string of the molecule is CC1c2cc(Cl)c(Cl)cc2CCN1C(=O)N1CC2CCC1C2. The van der Waals surface area contributed by atoms with E-state index in [1.165, 1.54) is 24.8 Å². The number of urea groups is 1. The smallest absolute Gasteiger partial charge is 0.320 e. The van der Waals surface area contributed by atoms with E-state index in [9.17, 15) is 4.79 Å². The number of carbonyl (C=O) groups is 1. The minimum Gasteiger partial charge on any atom is -0.321 e. The molecule has 2 fully saturated rings. The summed E-state index contributed by atoms with van der Waals surface area (Å²) in [6.07, 6.45) is 4.52. The molecule has 2 aliphatic heterocycles. The van der Waals surface area contributed by atoms with E-state index in [-0.39, 0.29) is 12.1 Å². The van der Waals surface area contributed by atoms with Gasteiger partial charge < -0.3 is 9.80 Å². The first-order valence-electron chi connectivity index (χ1n) is 8.09. The number of halogens is 2. The van der Waals surface area contributed by atoms with Crippen LogP contribution in [0.4, 0.5) is 4.79 Å². The predicted octanol–water partition coefficient (Wildman–Crippen LogP) is 4.52. The number of nitrogens with zero attached hydrogens (tertiary/aromatic N) is 2. The molecule has 2 bridgehead atoms. The van der Waals surface area contributed by atoms with Crippen LogP contribution in [0.3, 0.4) is 0 Å². The van der Waals surface area contributed by atoms with Gasteiger partial charge in [0.05, 0.1) is 16.1 Å². The van der Waals surface area contributed by atoms with Crippen molar-refractivity contribution in [3.8, 4) is 0 Å². The van der Waals surface area contributed by atoms with E-state index in [4.69, 9.17) is 23.2 Å². The Morgan fingerprint density at radius 2 is 1.95 bits per heavy atom. The first-order valence-corrected chi connectivity index (χ1v) is 8.85. The lowest BCUT2D eigenvalue weighted by Crippen LogP contribution is -2.49. The Morgan fingerprint density at radius 1 is 1.18 bits per heavy atom. The Morgan fingerprint density at radius 3 is 2.64 bits per heavy atom. The van der Waals surface area contributed by atoms with Crippen LogP contribution in [0.15, 0.2) is 12.1 Å². The zero-order valence-corrected chi connectivity index (χ0v) is 14.2. The maximum absolute atomic E-state index is 13.0. The molecule has 1 aromatic carbocycles. The summed E-state index contributed by atoms with van der Waals surface area (Å²) >= 11 is 12.3. The number of hydrogen-bond acceptors (Lipinski definition) is 1. The molecule has 0 N–H and O–H groups in total. The lowest BCUT2D eigenvalue weighted by Gasteiger charge is -2.40. The molecule has 3 aliphatic rings. The predicted molar refractivity (Wildman–Crippen MR) is 88.5 cm³/mol. The van der Waals surface area contributed by atoms with Gasteiger partial charge in [-0.05, 0) is 61.8 Å². The van der Waals surface area contributed by atoms with Gasteiger partial charge in [-0.2, -0.15) is 0 Å². The highest BCUT2D eigenvalue weighted by Gasteiger charge is 2.43. The van der Waals surface area contributed by atoms with Gasteiger partial charge in [-0.25, -0.2) is 4.79 Å². The highest BCUT2D eigenvalue weighted by atomic mass is 35.5. The van der Waals surface area contributed by atoms with Crippen molar-refractivity contribution in [2.24, 2.45) is 5.92 Å². The fraction of sp³-hybridized carbons (Fsp3) is 0.588. The number of benzene rings is 1. The summed E-state index contributed by atoms with van der Waals surface area (Å²) in [6, 6.07) is 4.62. The topological polar surface area (TPSA) is 23.6 Å². The van der Waals surface area contributed by atoms with Crippen molar-refractivity contribution in [2.45, 2.75) is 44.7 Å². The van der Waals surface area contributed by atoms with E-state index in [2.05, 4.69) is 11.8 Å². The molecule has 118 valence electrons. The van der Waals surface area contributed by atoms with Gasteiger partial charge in [0.15, 0.2) is 0 Å². The van der Waals surface area contributed by atoms with Crippen LogP contribution in [0.2, 0.25) is 10.0 Å². The number of carbonyl (C=O) groups excluding carboxylic acids is 1. The largest absolute Gasteiger partial charge is 0.321 e. The van der Waals surface area contributed by atoms with Crippen LogP contribution in [0, 0.1) is 5.92 Å². The number of amides is 2. The molecule has 1 aliphatic carbocycles. The average molecular weight is 339 g/mol. The summed E-state index contributed by atoms with van der Waals surface area (Å²) in [5, 5.41) is 1.17. The minimum atomic E-state index is 0.0603. The first-order chi connectivity index (χ1) is 10.5. The zero-order chi connectivity index (χ0) is 15.4. The number of rotatable bonds is 0. The molecule has 3 unspecified atom stereocenters. The van der Waals surface area contributed by atoms with Gasteiger partial charge in [-0.3, -0.25) is 0 Å². The lowest BCUT2D eigenvalue weighted by atomic mass is 9.93. The highest BCUT2D eigenvalue weighted by Crippen LogP contribution is 2.40. The molecule has 0 radical (unpaired) electrons. The number of hydrogen-bond donors (Lipinski definition) is 0. The van der Waals surface area contributed by atoms with Crippen molar-refractivity contribution in [1.82, 2.24) is 9.80 Å². The monoisotopic (exact) mass is 338 g/mol. The Balaban J connectivity index is 1.59. The molecule has 2 amide bonds. The molecule has 4 rings (SSSR count). The number of likely N-dealkylation sites (tertiary alicyclic amines) is 1. The molecule has 3 atom stereocenters. The van der Waals surface area contributed by atoms with Crippen LogP contribution in [0.1, 0.15) is 43.4 Å². The van der Waals surface area contributed by atoms with Crippen LogP contribution in [0.25, 0.3) is 0 Å². The quantitative estimate of drug-likeness (QED) is 0.682. The summed E-state index contributed by atoms with van der Waals surface area (Å²) < 4.78 is 0. The van der Waals surface area contributed by atoms with Gasteiger partial charge in [0.25, 0.3) is 0 Å². The Labute approximate surface area is 141 Å². The van der Waals surface area contributed by atoms with Crippen molar-refractivity contribution >= 4 is 29.2 Å². The fourth-order valence-electron chi connectivity index (χ4n) is 4.40. The summed E-state index contributed by atoms with van der Waals surface area (Å²) in [7, 11) is 0. The summed E-state index contributed by atoms with van der Waals surface area (Å²) in [4.78, 5) is 17.1. The molecular formula is C17H20Cl2N2O. The molecular weight excluding hydrogens is 319 g/mol. The highest BCUT2D eigenvalue weighted by molar-refractivity contribution is 6.42. The second kappa shape index (κ2) is 5.31. The third kappa shape index (κ3) is 2.21. The molecule has 1 aromatic rings. The lowest BCUT2D eigenvalue weighted by molar-refractivity contribution is 0.120. The molecule has 0 aromatic heterocycles. The van der Waals surface area contributed by atoms with Crippen LogP contribution in [-0.2, 0) is 6.42 Å². The summed E-state index contributed by atoms with van der Waals surface area (Å²) in [6.45, 7) is 3.80. The zero-order valence-electron chi connectivity index (χ0n) is 12.7. The third-order valence-electron chi connectivity index (χ3n) is 5.62. The van der Waals surface area contributed by atoms with Crippen LogP contribution >= 0.6 is 23.2 Å². The summed E-state index contributed by atoms with van der Waals surface area (Å²) in [5.41, 5.74) is 2.35. The van der Waals surface area contributed by atoms with Gasteiger partial charge >= 0.3 is 6.03 Å². The Hall–Kier alpha value is -0.930. The standard InChI is InChI=1S/C17H20Cl2N2O/c1-10-14-8-16(19)15(18)7-12(14)4-5-20(10)17(22)21-9-11-2-3-13(21)6-11/h7-8,10-11,13H,2-6,9H2,1H3. The normalized spacial score (nSPS) is 29.9. The van der Waals surface area contributed by atoms with Gasteiger partial charge in [0.1, 0.15) is 0 Å². The van der Waals surface area contributed by atoms with Gasteiger partial charge in [0.2, 0.25) is 0 Å². The Bertz CT molecular complexity index is 633. The second-order valence-electron chi connectivity index (χ2n) is 6.85. The van der Waals surface area contributed by atoms with E-state index in [0.717, 1.165) is 31.0 Å². The van der Waals surface area contributed by atoms with Gasteiger partial charge in [-0.15, -0.1) is 0 Å². The fourth-order valence-corrected chi connectivity index (χ4v) is 4.75. The number of piperidine rings is 1. The van der Waals surface area contributed by atoms with E-state index < -0.39 is 0 Å². The Kier molecular flexibility index (Phi) is 3.54. The van der Waals surface area contributed by atoms with E-state index in [1.807, 2.05) is 17.0 Å². The van der Waals surface area contributed by atoms with E-state index in [1.54, 1.807) is 0 Å². The van der Waals surface area contributed by atoms with Crippen LogP contribution in [-0.4, -0.2) is 35.0 Å². The average Bonchev–Trinajstić information content (AvgIpc) is 3.12. The van der Waals surface area contributed by atoms with Crippen molar-refractivity contribution in [3.05, 3.63) is 33.3 Å². The molecule has 1 saturated carbocycles. The minimum absolute atomic E-state index is 0.0603. The molecule has 1 saturated heterocycles.